The van der Waals surface area contributed by atoms with Gasteiger partial charge in [-0.25, -0.2) is 5.10 Å². The van der Waals surface area contributed by atoms with Crippen LogP contribution in [0.3, 0.4) is 0 Å². The number of amides is 1. The molecule has 0 saturated heterocycles. The molecule has 0 radical (unpaired) electrons. The highest BCUT2D eigenvalue weighted by molar-refractivity contribution is 6.30. The van der Waals surface area contributed by atoms with Crippen LogP contribution in [0.15, 0.2) is 24.5 Å². The van der Waals surface area contributed by atoms with E-state index in [9.17, 15) is 4.79 Å². The molecule has 3 rings (SSSR count). The molecule has 2 N–H and O–H groups in total. The third kappa shape index (κ3) is 2.02. The molecule has 1 atom stereocenters. The van der Waals surface area contributed by atoms with Gasteiger partial charge in [-0.05, 0) is 23.8 Å². The van der Waals surface area contributed by atoms with Gasteiger partial charge in [-0.3, -0.25) is 10.1 Å². The number of carbonyl (C=O) groups is 1. The van der Waals surface area contributed by atoms with Gasteiger partial charge in [-0.1, -0.05) is 11.6 Å². The Balaban J connectivity index is 1.72. The van der Waals surface area contributed by atoms with Gasteiger partial charge in [0.05, 0.1) is 0 Å². The third-order valence-electron chi connectivity index (χ3n) is 2.65. The predicted molar refractivity (Wildman–Crippen MR) is 64.6 cm³/mol. The van der Waals surface area contributed by atoms with Crippen LogP contribution in [-0.2, 0) is 11.2 Å². The van der Waals surface area contributed by atoms with E-state index < -0.39 is 6.10 Å². The van der Waals surface area contributed by atoms with Crippen molar-refractivity contribution in [3.05, 3.63) is 35.1 Å². The monoisotopic (exact) mass is 264 g/mol. The summed E-state index contributed by atoms with van der Waals surface area (Å²) in [4.78, 5) is 15.7. The summed E-state index contributed by atoms with van der Waals surface area (Å²) >= 11 is 5.89. The van der Waals surface area contributed by atoms with E-state index in [2.05, 4.69) is 20.5 Å². The molecule has 6 nitrogen and oxygen atoms in total. The summed E-state index contributed by atoms with van der Waals surface area (Å²) in [6.45, 7) is 0. The van der Waals surface area contributed by atoms with Crippen LogP contribution >= 0.6 is 11.6 Å². The quantitative estimate of drug-likeness (QED) is 0.859. The number of H-pyrrole nitrogens is 1. The molecule has 0 saturated carbocycles. The van der Waals surface area contributed by atoms with Crippen LogP contribution in [0.25, 0.3) is 0 Å². The molecule has 0 bridgehead atoms. The van der Waals surface area contributed by atoms with Gasteiger partial charge in [0.2, 0.25) is 5.95 Å². The third-order valence-corrected chi connectivity index (χ3v) is 2.88. The molecule has 0 spiro atoms. The number of aromatic nitrogens is 3. The zero-order valence-corrected chi connectivity index (χ0v) is 9.94. The van der Waals surface area contributed by atoms with E-state index in [1.54, 1.807) is 18.2 Å². The summed E-state index contributed by atoms with van der Waals surface area (Å²) < 4.78 is 5.54. The Morgan fingerprint density at radius 2 is 2.44 bits per heavy atom. The highest BCUT2D eigenvalue weighted by atomic mass is 35.5. The first-order valence-corrected chi connectivity index (χ1v) is 5.71. The minimum Gasteiger partial charge on any atom is -0.480 e. The number of hydrogen-bond acceptors (Lipinski definition) is 4. The van der Waals surface area contributed by atoms with Crippen molar-refractivity contribution in [2.45, 2.75) is 12.5 Å². The first kappa shape index (κ1) is 11.0. The molecule has 1 aliphatic rings. The molecule has 0 fully saturated rings. The van der Waals surface area contributed by atoms with Gasteiger partial charge in [0.15, 0.2) is 6.10 Å². The number of fused-ring (bicyclic) bond motifs is 1. The van der Waals surface area contributed by atoms with Gasteiger partial charge in [0, 0.05) is 11.4 Å². The van der Waals surface area contributed by atoms with Gasteiger partial charge in [0.25, 0.3) is 5.91 Å². The zero-order chi connectivity index (χ0) is 12.5. The van der Waals surface area contributed by atoms with Gasteiger partial charge in [0.1, 0.15) is 12.1 Å². The highest BCUT2D eigenvalue weighted by Crippen LogP contribution is 2.31. The second-order valence-corrected chi connectivity index (χ2v) is 4.32. The standard InChI is InChI=1S/C11H9ClN4O2/c12-7-1-2-8-6(3-7)4-9(18-8)10(17)15-11-13-5-14-16-11/h1-3,5,9H,4H2,(H2,13,14,15,16,17)/t9-/m0/s1. The van der Waals surface area contributed by atoms with Gasteiger partial charge < -0.3 is 4.74 Å². The number of nitrogens with zero attached hydrogens (tertiary/aromatic N) is 2. The van der Waals surface area contributed by atoms with Crippen molar-refractivity contribution in [1.82, 2.24) is 15.2 Å². The molecular formula is C11H9ClN4O2. The molecule has 92 valence electrons. The Hall–Kier alpha value is -2.08. The Bertz CT molecular complexity index is 585. The minimum absolute atomic E-state index is 0.265. The first-order chi connectivity index (χ1) is 8.72. The lowest BCUT2D eigenvalue weighted by Gasteiger charge is -2.08. The lowest BCUT2D eigenvalue weighted by Crippen LogP contribution is -2.31. The largest absolute Gasteiger partial charge is 0.480 e. The predicted octanol–water partition coefficient (Wildman–Crippen LogP) is 1.40. The van der Waals surface area contributed by atoms with Crippen molar-refractivity contribution in [1.29, 1.82) is 0 Å². The van der Waals surface area contributed by atoms with Crippen molar-refractivity contribution >= 4 is 23.5 Å². The fraction of sp³-hybridized carbons (Fsp3) is 0.182. The summed E-state index contributed by atoms with van der Waals surface area (Å²) in [5, 5.41) is 9.42. The average Bonchev–Trinajstić information content (AvgIpc) is 2.96. The number of anilines is 1. The van der Waals surface area contributed by atoms with E-state index in [1.807, 2.05) is 0 Å². The molecular weight excluding hydrogens is 256 g/mol. The SMILES string of the molecule is O=C(Nc1ncn[nH]1)[C@@H]1Cc2cc(Cl)ccc2O1. The molecule has 1 aliphatic heterocycles. The topological polar surface area (TPSA) is 79.9 Å². The molecule has 0 unspecified atom stereocenters. The average molecular weight is 265 g/mol. The summed E-state index contributed by atoms with van der Waals surface area (Å²) in [5.74, 6) is 0.730. The summed E-state index contributed by atoms with van der Waals surface area (Å²) in [6, 6.07) is 5.30. The number of benzene rings is 1. The summed E-state index contributed by atoms with van der Waals surface area (Å²) in [5.41, 5.74) is 0.931. The van der Waals surface area contributed by atoms with E-state index in [1.165, 1.54) is 6.33 Å². The van der Waals surface area contributed by atoms with E-state index in [0.29, 0.717) is 23.1 Å². The Morgan fingerprint density at radius 1 is 1.56 bits per heavy atom. The Kier molecular flexibility index (Phi) is 2.64. The lowest BCUT2D eigenvalue weighted by molar-refractivity contribution is -0.122. The van der Waals surface area contributed by atoms with Crippen LogP contribution in [-0.4, -0.2) is 27.2 Å². The number of hydrogen-bond donors (Lipinski definition) is 2. The maximum atomic E-state index is 11.9. The van der Waals surface area contributed by atoms with Crippen LogP contribution in [0.2, 0.25) is 5.02 Å². The van der Waals surface area contributed by atoms with E-state index in [0.717, 1.165) is 5.56 Å². The van der Waals surface area contributed by atoms with Gasteiger partial charge in [-0.2, -0.15) is 10.1 Å². The fourth-order valence-corrected chi connectivity index (χ4v) is 2.02. The molecule has 1 aromatic heterocycles. The van der Waals surface area contributed by atoms with Crippen LogP contribution < -0.4 is 10.1 Å². The van der Waals surface area contributed by atoms with E-state index in [-0.39, 0.29) is 5.91 Å². The fourth-order valence-electron chi connectivity index (χ4n) is 1.83. The van der Waals surface area contributed by atoms with E-state index >= 15 is 0 Å². The number of halogens is 1. The van der Waals surface area contributed by atoms with Crippen LogP contribution in [0.5, 0.6) is 5.75 Å². The van der Waals surface area contributed by atoms with Crippen LogP contribution in [0.1, 0.15) is 5.56 Å². The van der Waals surface area contributed by atoms with Crippen molar-refractivity contribution in [3.8, 4) is 5.75 Å². The maximum absolute atomic E-state index is 11.9. The summed E-state index contributed by atoms with van der Waals surface area (Å²) in [6.07, 6.45) is 1.25. The number of nitrogens with one attached hydrogen (secondary N) is 2. The molecule has 2 aromatic rings. The second-order valence-electron chi connectivity index (χ2n) is 3.89. The normalized spacial score (nSPS) is 17.1. The number of aromatic amines is 1. The smallest absolute Gasteiger partial charge is 0.268 e. The van der Waals surface area contributed by atoms with Crippen molar-refractivity contribution in [3.63, 3.8) is 0 Å². The lowest BCUT2D eigenvalue weighted by atomic mass is 10.1. The van der Waals surface area contributed by atoms with Crippen LogP contribution in [0.4, 0.5) is 5.95 Å². The highest BCUT2D eigenvalue weighted by Gasteiger charge is 2.29. The molecule has 1 amide bonds. The maximum Gasteiger partial charge on any atom is 0.268 e. The second kappa shape index (κ2) is 4.30. The zero-order valence-electron chi connectivity index (χ0n) is 9.18. The number of ether oxygens (including phenoxy) is 1. The summed E-state index contributed by atoms with van der Waals surface area (Å²) in [7, 11) is 0. The minimum atomic E-state index is -0.566. The number of rotatable bonds is 2. The van der Waals surface area contributed by atoms with Gasteiger partial charge in [-0.15, -0.1) is 0 Å². The molecule has 18 heavy (non-hydrogen) atoms. The van der Waals surface area contributed by atoms with E-state index in [4.69, 9.17) is 16.3 Å². The van der Waals surface area contributed by atoms with Crippen molar-refractivity contribution in [2.24, 2.45) is 0 Å². The molecule has 0 aliphatic carbocycles. The number of carbonyl (C=O) groups excluding carboxylic acids is 1. The van der Waals surface area contributed by atoms with Crippen molar-refractivity contribution in [2.75, 3.05) is 5.32 Å². The van der Waals surface area contributed by atoms with Gasteiger partial charge >= 0.3 is 0 Å². The first-order valence-electron chi connectivity index (χ1n) is 5.34. The Labute approximate surface area is 107 Å². The molecule has 1 aromatic carbocycles. The van der Waals surface area contributed by atoms with Crippen molar-refractivity contribution < 1.29 is 9.53 Å². The van der Waals surface area contributed by atoms with Crippen LogP contribution in [0, 0.1) is 0 Å². The molecule has 2 heterocycles. The molecule has 7 heteroatoms. The Morgan fingerprint density at radius 3 is 3.22 bits per heavy atom.